The molecule has 0 heterocycles. The zero-order valence-electron chi connectivity index (χ0n) is 13.2. The Morgan fingerprint density at radius 2 is 1.92 bits per heavy atom. The van der Waals surface area contributed by atoms with Crippen LogP contribution in [0.1, 0.15) is 35.3 Å². The molecule has 0 aliphatic heterocycles. The Hall–Kier alpha value is -2.34. The van der Waals surface area contributed by atoms with E-state index in [1.165, 1.54) is 0 Å². The molecular weight excluding hydrogens is 374 g/mol. The first-order valence-electron chi connectivity index (χ1n) is 7.50. The van der Waals surface area contributed by atoms with E-state index in [-0.39, 0.29) is 12.3 Å². The van der Waals surface area contributed by atoms with Crippen LogP contribution in [0.25, 0.3) is 0 Å². The lowest BCUT2D eigenvalue weighted by molar-refractivity contribution is -0.137. The molecule has 5 nitrogen and oxygen atoms in total. The number of carbonyl (C=O) groups excluding carboxylic acids is 1. The Kier molecular flexibility index (Phi) is 6.37. The van der Waals surface area contributed by atoms with Crippen LogP contribution in [0.2, 0.25) is 0 Å². The van der Waals surface area contributed by atoms with Gasteiger partial charge in [0, 0.05) is 10.0 Å². The molecule has 0 spiro atoms. The molecule has 0 unspecified atom stereocenters. The Balaban J connectivity index is 2.18. The molecule has 0 aliphatic carbocycles. The number of amides is 1. The van der Waals surface area contributed by atoms with E-state index in [0.717, 1.165) is 4.47 Å². The van der Waals surface area contributed by atoms with E-state index in [4.69, 9.17) is 9.84 Å². The molecule has 0 saturated carbocycles. The number of rotatable bonds is 7. The third-order valence-electron chi connectivity index (χ3n) is 3.36. The van der Waals surface area contributed by atoms with Crippen molar-refractivity contribution in [1.82, 2.24) is 5.32 Å². The van der Waals surface area contributed by atoms with Gasteiger partial charge in [-0.25, -0.2) is 0 Å². The first kappa shape index (κ1) is 18.0. The van der Waals surface area contributed by atoms with Crippen molar-refractivity contribution in [2.75, 3.05) is 6.61 Å². The predicted molar refractivity (Wildman–Crippen MR) is 94.2 cm³/mol. The average molecular weight is 392 g/mol. The minimum atomic E-state index is -0.983. The maximum atomic E-state index is 12.4. The summed E-state index contributed by atoms with van der Waals surface area (Å²) < 4.78 is 6.16. The number of ether oxygens (including phenoxy) is 1. The Morgan fingerprint density at radius 1 is 1.21 bits per heavy atom. The van der Waals surface area contributed by atoms with Crippen LogP contribution < -0.4 is 10.1 Å². The number of nitrogens with one attached hydrogen (secondary N) is 1. The molecule has 0 aromatic heterocycles. The van der Waals surface area contributed by atoms with Crippen molar-refractivity contribution in [3.05, 3.63) is 64.1 Å². The number of hydrogen-bond donors (Lipinski definition) is 2. The lowest BCUT2D eigenvalue weighted by Crippen LogP contribution is -2.30. The minimum Gasteiger partial charge on any atom is -0.494 e. The van der Waals surface area contributed by atoms with Crippen LogP contribution >= 0.6 is 15.9 Å². The largest absolute Gasteiger partial charge is 0.494 e. The van der Waals surface area contributed by atoms with Crippen molar-refractivity contribution >= 4 is 27.8 Å². The van der Waals surface area contributed by atoms with E-state index in [1.807, 2.05) is 13.0 Å². The van der Waals surface area contributed by atoms with Gasteiger partial charge in [-0.1, -0.05) is 34.1 Å². The number of aliphatic carboxylic acids is 1. The standard InChI is InChI=1S/C18H18BrNO4/c1-2-24-15-8-6-12(7-9-15)16(11-17(21)22)20-18(23)13-4-3-5-14(19)10-13/h3-10,16H,2,11H2,1H3,(H,20,23)(H,21,22)/t16-/m1/s1. The van der Waals surface area contributed by atoms with Crippen molar-refractivity contribution in [3.8, 4) is 5.75 Å². The lowest BCUT2D eigenvalue weighted by atomic mass is 10.0. The second-order valence-electron chi connectivity index (χ2n) is 5.14. The minimum absolute atomic E-state index is 0.201. The van der Waals surface area contributed by atoms with Gasteiger partial charge in [-0.2, -0.15) is 0 Å². The summed E-state index contributed by atoms with van der Waals surface area (Å²) in [7, 11) is 0. The van der Waals surface area contributed by atoms with Crippen LogP contribution in [-0.2, 0) is 4.79 Å². The molecule has 24 heavy (non-hydrogen) atoms. The van der Waals surface area contributed by atoms with Gasteiger partial charge in [-0.3, -0.25) is 9.59 Å². The normalized spacial score (nSPS) is 11.6. The first-order chi connectivity index (χ1) is 11.5. The monoisotopic (exact) mass is 391 g/mol. The fourth-order valence-corrected chi connectivity index (χ4v) is 2.66. The summed E-state index contributed by atoms with van der Waals surface area (Å²) in [6, 6.07) is 13.4. The van der Waals surface area contributed by atoms with Gasteiger partial charge in [0.05, 0.1) is 19.1 Å². The van der Waals surface area contributed by atoms with Crippen molar-refractivity contribution in [1.29, 1.82) is 0 Å². The zero-order valence-corrected chi connectivity index (χ0v) is 14.7. The molecule has 0 bridgehead atoms. The fraction of sp³-hybridized carbons (Fsp3) is 0.222. The highest BCUT2D eigenvalue weighted by molar-refractivity contribution is 9.10. The highest BCUT2D eigenvalue weighted by Gasteiger charge is 2.19. The third kappa shape index (κ3) is 5.09. The molecule has 2 aromatic rings. The second kappa shape index (κ2) is 8.49. The molecule has 2 aromatic carbocycles. The molecule has 1 amide bonds. The topological polar surface area (TPSA) is 75.6 Å². The number of carboxylic acids is 1. The van der Waals surface area contributed by atoms with Crippen molar-refractivity contribution in [2.24, 2.45) is 0 Å². The number of hydrogen-bond acceptors (Lipinski definition) is 3. The Morgan fingerprint density at radius 3 is 2.50 bits per heavy atom. The number of benzene rings is 2. The van der Waals surface area contributed by atoms with Crippen LogP contribution in [0.15, 0.2) is 53.0 Å². The van der Waals surface area contributed by atoms with E-state index in [1.54, 1.807) is 42.5 Å². The number of halogens is 1. The molecule has 6 heteroatoms. The summed E-state index contributed by atoms with van der Waals surface area (Å²) >= 11 is 3.32. The number of carbonyl (C=O) groups is 2. The van der Waals surface area contributed by atoms with Gasteiger partial charge in [-0.15, -0.1) is 0 Å². The summed E-state index contributed by atoms with van der Waals surface area (Å²) in [5.41, 5.74) is 1.18. The Labute approximate surface area is 148 Å². The molecule has 126 valence electrons. The van der Waals surface area contributed by atoms with Gasteiger partial charge in [0.2, 0.25) is 0 Å². The highest BCUT2D eigenvalue weighted by atomic mass is 79.9. The maximum absolute atomic E-state index is 12.4. The SMILES string of the molecule is CCOc1ccc([C@@H](CC(=O)O)NC(=O)c2cccc(Br)c2)cc1. The molecule has 1 atom stereocenters. The van der Waals surface area contributed by atoms with E-state index >= 15 is 0 Å². The smallest absolute Gasteiger partial charge is 0.305 e. The molecule has 2 rings (SSSR count). The second-order valence-corrected chi connectivity index (χ2v) is 6.05. The van der Waals surface area contributed by atoms with E-state index in [2.05, 4.69) is 21.2 Å². The predicted octanol–water partition coefficient (Wildman–Crippen LogP) is 3.79. The summed E-state index contributed by atoms with van der Waals surface area (Å²) in [6.45, 7) is 2.44. The molecule has 0 radical (unpaired) electrons. The fourth-order valence-electron chi connectivity index (χ4n) is 2.26. The quantitative estimate of drug-likeness (QED) is 0.752. The average Bonchev–Trinajstić information content (AvgIpc) is 2.55. The van der Waals surface area contributed by atoms with Gasteiger partial charge in [0.25, 0.3) is 5.91 Å². The van der Waals surface area contributed by atoms with Gasteiger partial charge in [-0.05, 0) is 42.8 Å². The molecule has 0 aliphatic rings. The third-order valence-corrected chi connectivity index (χ3v) is 3.86. The Bertz CT molecular complexity index is 715. The van der Waals surface area contributed by atoms with E-state index < -0.39 is 12.0 Å². The van der Waals surface area contributed by atoms with Crippen LogP contribution in [0.3, 0.4) is 0 Å². The van der Waals surface area contributed by atoms with Crippen molar-refractivity contribution in [3.63, 3.8) is 0 Å². The van der Waals surface area contributed by atoms with Gasteiger partial charge in [0.1, 0.15) is 5.75 Å². The lowest BCUT2D eigenvalue weighted by Gasteiger charge is -2.18. The summed E-state index contributed by atoms with van der Waals surface area (Å²) in [5, 5.41) is 11.9. The summed E-state index contributed by atoms with van der Waals surface area (Å²) in [6.07, 6.45) is -0.201. The van der Waals surface area contributed by atoms with Gasteiger partial charge in [0.15, 0.2) is 0 Å². The van der Waals surface area contributed by atoms with E-state index in [0.29, 0.717) is 23.5 Å². The van der Waals surface area contributed by atoms with E-state index in [9.17, 15) is 9.59 Å². The molecule has 2 N–H and O–H groups in total. The number of carboxylic acid groups (broad SMARTS) is 1. The van der Waals surface area contributed by atoms with Gasteiger partial charge < -0.3 is 15.2 Å². The zero-order chi connectivity index (χ0) is 17.5. The molecular formula is C18H18BrNO4. The summed E-state index contributed by atoms with van der Waals surface area (Å²) in [4.78, 5) is 23.5. The van der Waals surface area contributed by atoms with Crippen LogP contribution in [0, 0.1) is 0 Å². The summed E-state index contributed by atoms with van der Waals surface area (Å²) in [5.74, 6) is -0.603. The first-order valence-corrected chi connectivity index (χ1v) is 8.30. The highest BCUT2D eigenvalue weighted by Crippen LogP contribution is 2.21. The van der Waals surface area contributed by atoms with Crippen molar-refractivity contribution < 1.29 is 19.4 Å². The van der Waals surface area contributed by atoms with Crippen molar-refractivity contribution in [2.45, 2.75) is 19.4 Å². The van der Waals surface area contributed by atoms with Crippen LogP contribution in [0.5, 0.6) is 5.75 Å². The molecule has 0 saturated heterocycles. The maximum Gasteiger partial charge on any atom is 0.305 e. The van der Waals surface area contributed by atoms with Crippen LogP contribution in [0.4, 0.5) is 0 Å². The van der Waals surface area contributed by atoms with Gasteiger partial charge >= 0.3 is 5.97 Å². The van der Waals surface area contributed by atoms with Crippen LogP contribution in [-0.4, -0.2) is 23.6 Å². The molecule has 0 fully saturated rings.